The van der Waals surface area contributed by atoms with Gasteiger partial charge in [-0.15, -0.1) is 0 Å². The van der Waals surface area contributed by atoms with E-state index in [4.69, 9.17) is 0 Å². The van der Waals surface area contributed by atoms with Gasteiger partial charge in [0, 0.05) is 24.8 Å². The van der Waals surface area contributed by atoms with Crippen molar-refractivity contribution in [2.45, 2.75) is 51.1 Å². The van der Waals surface area contributed by atoms with Crippen molar-refractivity contribution in [3.05, 3.63) is 18.0 Å². The smallest absolute Gasteiger partial charge is 0.242 e. The Morgan fingerprint density at radius 1 is 1.40 bits per heavy atom. The van der Waals surface area contributed by atoms with Crippen LogP contribution >= 0.6 is 0 Å². The molecule has 1 aromatic heterocycles. The minimum atomic E-state index is -0.324. The van der Waals surface area contributed by atoms with Crippen molar-refractivity contribution in [2.24, 2.45) is 13.0 Å². The van der Waals surface area contributed by atoms with Crippen LogP contribution in [0.1, 0.15) is 50.6 Å². The molecule has 0 radical (unpaired) electrons. The van der Waals surface area contributed by atoms with Gasteiger partial charge in [0.1, 0.15) is 6.04 Å². The van der Waals surface area contributed by atoms with Crippen LogP contribution in [-0.4, -0.2) is 28.8 Å². The Bertz CT molecular complexity index is 437. The fraction of sp³-hybridized carbons (Fsp3) is 0.733. The molecule has 2 rings (SSSR count). The molecule has 1 fully saturated rings. The van der Waals surface area contributed by atoms with Crippen LogP contribution in [0.15, 0.2) is 12.4 Å². The van der Waals surface area contributed by atoms with Crippen molar-refractivity contribution in [1.29, 1.82) is 0 Å². The number of carbonyl (C=O) groups excluding carboxylic acids is 1. The fourth-order valence-corrected chi connectivity index (χ4v) is 3.10. The molecular formula is C15H26N4O. The van der Waals surface area contributed by atoms with Gasteiger partial charge in [0.25, 0.3) is 0 Å². The third-order valence-electron chi connectivity index (χ3n) is 4.34. The molecule has 20 heavy (non-hydrogen) atoms. The van der Waals surface area contributed by atoms with Gasteiger partial charge in [-0.2, -0.15) is 5.10 Å². The average molecular weight is 278 g/mol. The summed E-state index contributed by atoms with van der Waals surface area (Å²) in [6.07, 6.45) is 10.0. The summed E-state index contributed by atoms with van der Waals surface area (Å²) in [5, 5.41) is 10.4. The van der Waals surface area contributed by atoms with Crippen LogP contribution < -0.4 is 10.6 Å². The number of likely N-dealkylation sites (N-methyl/N-ethyl adjacent to an activating group) is 1. The number of nitrogens with zero attached hydrogens (tertiary/aromatic N) is 2. The van der Waals surface area contributed by atoms with Gasteiger partial charge >= 0.3 is 0 Å². The maximum atomic E-state index is 12.4. The van der Waals surface area contributed by atoms with Crippen LogP contribution in [-0.2, 0) is 11.8 Å². The number of aryl methyl sites for hydroxylation is 1. The molecule has 1 aliphatic rings. The highest BCUT2D eigenvalue weighted by Gasteiger charge is 2.25. The summed E-state index contributed by atoms with van der Waals surface area (Å²) < 4.78 is 1.72. The molecule has 5 heteroatoms. The molecule has 5 nitrogen and oxygen atoms in total. The zero-order valence-electron chi connectivity index (χ0n) is 12.7. The molecule has 112 valence electrons. The lowest BCUT2D eigenvalue weighted by Gasteiger charge is -2.29. The minimum Gasteiger partial charge on any atom is -0.352 e. The van der Waals surface area contributed by atoms with E-state index in [1.54, 1.807) is 10.9 Å². The molecule has 2 atom stereocenters. The molecule has 0 aromatic carbocycles. The summed E-state index contributed by atoms with van der Waals surface area (Å²) in [4.78, 5) is 12.4. The Balaban J connectivity index is 1.94. The predicted octanol–water partition coefficient (Wildman–Crippen LogP) is 1.77. The molecule has 0 aliphatic heterocycles. The maximum Gasteiger partial charge on any atom is 0.242 e. The van der Waals surface area contributed by atoms with E-state index in [1.165, 1.54) is 32.1 Å². The lowest BCUT2D eigenvalue weighted by molar-refractivity contribution is -0.124. The van der Waals surface area contributed by atoms with Gasteiger partial charge in [-0.1, -0.05) is 19.3 Å². The molecule has 1 amide bonds. The SMILES string of the molecule is CNC(C(=O)NC(C)C1CCCCC1)c1cnn(C)c1. The molecule has 1 aromatic rings. The summed E-state index contributed by atoms with van der Waals surface area (Å²) in [6, 6.07) is -0.0786. The normalized spacial score (nSPS) is 19.6. The van der Waals surface area contributed by atoms with Gasteiger partial charge in [0.2, 0.25) is 5.91 Å². The van der Waals surface area contributed by atoms with E-state index in [2.05, 4.69) is 22.7 Å². The fourth-order valence-electron chi connectivity index (χ4n) is 3.10. The van der Waals surface area contributed by atoms with Crippen molar-refractivity contribution in [3.8, 4) is 0 Å². The summed E-state index contributed by atoms with van der Waals surface area (Å²) >= 11 is 0. The summed E-state index contributed by atoms with van der Waals surface area (Å²) in [5.41, 5.74) is 0.906. The van der Waals surface area contributed by atoms with Gasteiger partial charge in [0.05, 0.1) is 6.20 Å². The van der Waals surface area contributed by atoms with Crippen LogP contribution in [0, 0.1) is 5.92 Å². The monoisotopic (exact) mass is 278 g/mol. The van der Waals surface area contributed by atoms with E-state index in [9.17, 15) is 4.79 Å². The number of hydrogen-bond donors (Lipinski definition) is 2. The Kier molecular flexibility index (Phi) is 5.17. The Hall–Kier alpha value is -1.36. The number of nitrogens with one attached hydrogen (secondary N) is 2. The Labute approximate surface area is 121 Å². The van der Waals surface area contributed by atoms with Gasteiger partial charge in [-0.25, -0.2) is 0 Å². The molecule has 1 heterocycles. The second-order valence-electron chi connectivity index (χ2n) is 5.86. The Morgan fingerprint density at radius 2 is 2.10 bits per heavy atom. The molecule has 0 saturated heterocycles. The van der Waals surface area contributed by atoms with Crippen molar-refractivity contribution in [1.82, 2.24) is 20.4 Å². The van der Waals surface area contributed by atoms with Gasteiger partial charge in [0.15, 0.2) is 0 Å². The second kappa shape index (κ2) is 6.88. The van der Waals surface area contributed by atoms with Crippen LogP contribution in [0.3, 0.4) is 0 Å². The largest absolute Gasteiger partial charge is 0.352 e. The average Bonchev–Trinajstić information content (AvgIpc) is 2.87. The summed E-state index contributed by atoms with van der Waals surface area (Å²) in [5.74, 6) is 0.665. The zero-order chi connectivity index (χ0) is 14.5. The molecule has 2 unspecified atom stereocenters. The number of carbonyl (C=O) groups is 1. The third kappa shape index (κ3) is 3.60. The maximum absolute atomic E-state index is 12.4. The molecular weight excluding hydrogens is 252 g/mol. The first-order chi connectivity index (χ1) is 9.61. The molecule has 2 N–H and O–H groups in total. The van der Waals surface area contributed by atoms with Crippen LogP contribution in [0.2, 0.25) is 0 Å². The highest BCUT2D eigenvalue weighted by molar-refractivity contribution is 5.83. The van der Waals surface area contributed by atoms with E-state index in [0.29, 0.717) is 5.92 Å². The zero-order valence-corrected chi connectivity index (χ0v) is 12.7. The lowest BCUT2D eigenvalue weighted by Crippen LogP contribution is -2.44. The highest BCUT2D eigenvalue weighted by Crippen LogP contribution is 2.26. The Morgan fingerprint density at radius 3 is 2.65 bits per heavy atom. The first kappa shape index (κ1) is 15.0. The predicted molar refractivity (Wildman–Crippen MR) is 79.2 cm³/mol. The van der Waals surface area contributed by atoms with Gasteiger partial charge < -0.3 is 10.6 Å². The number of hydrogen-bond acceptors (Lipinski definition) is 3. The number of rotatable bonds is 5. The molecule has 0 spiro atoms. The van der Waals surface area contributed by atoms with Crippen molar-refractivity contribution in [3.63, 3.8) is 0 Å². The summed E-state index contributed by atoms with van der Waals surface area (Å²) in [6.45, 7) is 2.13. The van der Waals surface area contributed by atoms with E-state index in [-0.39, 0.29) is 18.0 Å². The van der Waals surface area contributed by atoms with Crippen LogP contribution in [0.4, 0.5) is 0 Å². The molecule has 1 saturated carbocycles. The minimum absolute atomic E-state index is 0.0403. The summed E-state index contributed by atoms with van der Waals surface area (Å²) in [7, 11) is 3.67. The standard InChI is InChI=1S/C15H26N4O/c1-11(12-7-5-4-6-8-12)18-15(20)14(16-2)13-9-17-19(3)10-13/h9-12,14,16H,4-8H2,1-3H3,(H,18,20). The van der Waals surface area contributed by atoms with Gasteiger partial charge in [-0.05, 0) is 32.7 Å². The van der Waals surface area contributed by atoms with Crippen molar-refractivity contribution in [2.75, 3.05) is 7.05 Å². The van der Waals surface area contributed by atoms with E-state index in [0.717, 1.165) is 5.56 Å². The quantitative estimate of drug-likeness (QED) is 0.863. The van der Waals surface area contributed by atoms with Crippen molar-refractivity contribution < 1.29 is 4.79 Å². The first-order valence-corrected chi connectivity index (χ1v) is 7.58. The van der Waals surface area contributed by atoms with Gasteiger partial charge in [-0.3, -0.25) is 9.48 Å². The van der Waals surface area contributed by atoms with E-state index in [1.807, 2.05) is 20.3 Å². The third-order valence-corrected chi connectivity index (χ3v) is 4.34. The molecule has 0 bridgehead atoms. The number of amides is 1. The first-order valence-electron chi connectivity index (χ1n) is 7.58. The van der Waals surface area contributed by atoms with Crippen LogP contribution in [0.5, 0.6) is 0 Å². The second-order valence-corrected chi connectivity index (χ2v) is 5.86. The molecule has 1 aliphatic carbocycles. The lowest BCUT2D eigenvalue weighted by atomic mass is 9.84. The van der Waals surface area contributed by atoms with E-state index >= 15 is 0 Å². The number of aromatic nitrogens is 2. The topological polar surface area (TPSA) is 59.0 Å². The van der Waals surface area contributed by atoms with Crippen molar-refractivity contribution >= 4 is 5.91 Å². The highest BCUT2D eigenvalue weighted by atomic mass is 16.2. The van der Waals surface area contributed by atoms with E-state index < -0.39 is 0 Å². The van der Waals surface area contributed by atoms with Crippen LogP contribution in [0.25, 0.3) is 0 Å².